The maximum absolute atomic E-state index is 12.6. The molecule has 2 atom stereocenters. The monoisotopic (exact) mass is 328 g/mol. The fraction of sp³-hybridized carbons (Fsp3) is 0.462. The van der Waals surface area contributed by atoms with Crippen molar-refractivity contribution >= 4 is 21.7 Å². The van der Waals surface area contributed by atoms with Crippen molar-refractivity contribution in [2.24, 2.45) is 11.8 Å². The molecule has 1 aliphatic heterocycles. The maximum atomic E-state index is 12.6. The molecule has 22 heavy (non-hydrogen) atoms. The van der Waals surface area contributed by atoms with Gasteiger partial charge in [0, 0.05) is 25.2 Å². The summed E-state index contributed by atoms with van der Waals surface area (Å²) in [5, 5.41) is 19.9. The van der Waals surface area contributed by atoms with Crippen molar-refractivity contribution < 1.29 is 23.2 Å². The van der Waals surface area contributed by atoms with Gasteiger partial charge in [-0.15, -0.1) is 0 Å². The van der Waals surface area contributed by atoms with Gasteiger partial charge in [0.1, 0.15) is 0 Å². The molecule has 0 bridgehead atoms. The van der Waals surface area contributed by atoms with Gasteiger partial charge in [-0.2, -0.15) is 4.31 Å². The zero-order valence-electron chi connectivity index (χ0n) is 11.9. The highest BCUT2D eigenvalue weighted by Gasteiger charge is 2.36. The Kier molecular flexibility index (Phi) is 4.47. The standard InChI is InChI=1S/C13H16N2O6S/c1-9-5-10(13(16)17)8-14(7-9)22(20,21)12-4-2-3-11(6-12)15(18)19/h2-4,6,9-10H,5,7-8H2,1H3,(H,16,17). The molecule has 0 spiro atoms. The highest BCUT2D eigenvalue weighted by Crippen LogP contribution is 2.28. The average molecular weight is 328 g/mol. The highest BCUT2D eigenvalue weighted by atomic mass is 32.2. The molecule has 1 aromatic carbocycles. The van der Waals surface area contributed by atoms with Crippen LogP contribution in [0.4, 0.5) is 5.69 Å². The summed E-state index contributed by atoms with van der Waals surface area (Å²) in [5.41, 5.74) is -0.319. The van der Waals surface area contributed by atoms with Crippen molar-refractivity contribution in [1.82, 2.24) is 4.31 Å². The third-order valence-electron chi connectivity index (χ3n) is 3.64. The second-order valence-corrected chi connectivity index (χ2v) is 7.39. The lowest BCUT2D eigenvalue weighted by Crippen LogP contribution is -2.45. The molecule has 0 radical (unpaired) electrons. The van der Waals surface area contributed by atoms with Gasteiger partial charge in [-0.25, -0.2) is 8.42 Å². The third kappa shape index (κ3) is 3.25. The van der Waals surface area contributed by atoms with Gasteiger partial charge < -0.3 is 5.11 Å². The fourth-order valence-electron chi connectivity index (χ4n) is 2.58. The van der Waals surface area contributed by atoms with Crippen LogP contribution in [0.5, 0.6) is 0 Å². The first-order chi connectivity index (χ1) is 10.2. The largest absolute Gasteiger partial charge is 0.481 e. The van der Waals surface area contributed by atoms with E-state index >= 15 is 0 Å². The number of nitro groups is 1. The summed E-state index contributed by atoms with van der Waals surface area (Å²) in [5.74, 6) is -1.90. The molecule has 1 aromatic rings. The number of carbonyl (C=O) groups is 1. The van der Waals surface area contributed by atoms with Gasteiger partial charge in [0.2, 0.25) is 10.0 Å². The van der Waals surface area contributed by atoms with Crippen molar-refractivity contribution in [2.75, 3.05) is 13.1 Å². The van der Waals surface area contributed by atoms with E-state index in [0.717, 1.165) is 10.4 Å². The van der Waals surface area contributed by atoms with Gasteiger partial charge in [-0.1, -0.05) is 13.0 Å². The Morgan fingerprint density at radius 2 is 2.09 bits per heavy atom. The number of aliphatic carboxylic acids is 1. The van der Waals surface area contributed by atoms with Crippen molar-refractivity contribution in [1.29, 1.82) is 0 Å². The number of sulfonamides is 1. The molecule has 1 aliphatic rings. The first-order valence-electron chi connectivity index (χ1n) is 6.69. The van der Waals surface area contributed by atoms with Crippen molar-refractivity contribution in [3.8, 4) is 0 Å². The SMILES string of the molecule is CC1CC(C(=O)O)CN(S(=O)(=O)c2cccc([N+](=O)[O-])c2)C1. The van der Waals surface area contributed by atoms with E-state index in [1.54, 1.807) is 6.92 Å². The molecule has 8 nitrogen and oxygen atoms in total. The van der Waals surface area contributed by atoms with E-state index in [1.807, 2.05) is 0 Å². The molecule has 1 heterocycles. The van der Waals surface area contributed by atoms with Gasteiger partial charge in [0.05, 0.1) is 15.7 Å². The molecule has 120 valence electrons. The Morgan fingerprint density at radius 1 is 1.41 bits per heavy atom. The van der Waals surface area contributed by atoms with Crippen LogP contribution < -0.4 is 0 Å². The summed E-state index contributed by atoms with van der Waals surface area (Å²) >= 11 is 0. The van der Waals surface area contributed by atoms with E-state index < -0.39 is 26.8 Å². The van der Waals surface area contributed by atoms with Crippen LogP contribution in [-0.2, 0) is 14.8 Å². The third-order valence-corrected chi connectivity index (χ3v) is 5.47. The second-order valence-electron chi connectivity index (χ2n) is 5.45. The van der Waals surface area contributed by atoms with E-state index in [9.17, 15) is 23.3 Å². The zero-order valence-corrected chi connectivity index (χ0v) is 12.7. The van der Waals surface area contributed by atoms with Crippen LogP contribution in [0, 0.1) is 22.0 Å². The fourth-order valence-corrected chi connectivity index (χ4v) is 4.23. The van der Waals surface area contributed by atoms with E-state index in [-0.39, 0.29) is 29.6 Å². The predicted octanol–water partition coefficient (Wildman–Crippen LogP) is 1.33. The smallest absolute Gasteiger partial charge is 0.307 e. The van der Waals surface area contributed by atoms with E-state index in [4.69, 9.17) is 5.11 Å². The maximum Gasteiger partial charge on any atom is 0.307 e. The van der Waals surface area contributed by atoms with Crippen molar-refractivity contribution in [3.05, 3.63) is 34.4 Å². The molecule has 1 N–H and O–H groups in total. The van der Waals surface area contributed by atoms with Crippen LogP contribution in [0.2, 0.25) is 0 Å². The van der Waals surface area contributed by atoms with Gasteiger partial charge in [0.15, 0.2) is 0 Å². The van der Waals surface area contributed by atoms with Crippen LogP contribution in [-0.4, -0.2) is 41.8 Å². The molecule has 0 saturated carbocycles. The van der Waals surface area contributed by atoms with Crippen LogP contribution in [0.15, 0.2) is 29.2 Å². The number of nitro benzene ring substituents is 1. The molecule has 2 unspecified atom stereocenters. The molecular formula is C13H16N2O6S. The second kappa shape index (κ2) is 6.01. The predicted molar refractivity (Wildman–Crippen MR) is 76.8 cm³/mol. The number of hydrogen-bond acceptors (Lipinski definition) is 5. The minimum Gasteiger partial charge on any atom is -0.481 e. The van der Waals surface area contributed by atoms with E-state index in [2.05, 4.69) is 0 Å². The van der Waals surface area contributed by atoms with Crippen LogP contribution >= 0.6 is 0 Å². The summed E-state index contributed by atoms with van der Waals surface area (Å²) in [4.78, 5) is 21.0. The number of nitrogens with zero attached hydrogens (tertiary/aromatic N) is 2. The normalized spacial score (nSPS) is 23.1. The van der Waals surface area contributed by atoms with Crippen LogP contribution in [0.25, 0.3) is 0 Å². The molecule has 2 rings (SSSR count). The molecule has 0 aromatic heterocycles. The topological polar surface area (TPSA) is 118 Å². The van der Waals surface area contributed by atoms with Gasteiger partial charge >= 0.3 is 5.97 Å². The summed E-state index contributed by atoms with van der Waals surface area (Å²) in [6, 6.07) is 4.77. The molecule has 1 saturated heterocycles. The first-order valence-corrected chi connectivity index (χ1v) is 8.13. The van der Waals surface area contributed by atoms with Gasteiger partial charge in [-0.3, -0.25) is 14.9 Å². The number of rotatable bonds is 4. The number of non-ortho nitro benzene ring substituents is 1. The Balaban J connectivity index is 2.35. The van der Waals surface area contributed by atoms with E-state index in [0.29, 0.717) is 6.42 Å². The molecular weight excluding hydrogens is 312 g/mol. The minimum atomic E-state index is -3.95. The lowest BCUT2D eigenvalue weighted by Gasteiger charge is -2.33. The van der Waals surface area contributed by atoms with E-state index in [1.165, 1.54) is 18.2 Å². The Morgan fingerprint density at radius 3 is 2.68 bits per heavy atom. The van der Waals surface area contributed by atoms with Crippen molar-refractivity contribution in [3.63, 3.8) is 0 Å². The highest BCUT2D eigenvalue weighted by molar-refractivity contribution is 7.89. The molecule has 0 aliphatic carbocycles. The molecule has 1 fully saturated rings. The number of carboxylic acids is 1. The Bertz CT molecular complexity index is 702. The zero-order chi connectivity index (χ0) is 16.5. The van der Waals surface area contributed by atoms with Gasteiger partial charge in [0.25, 0.3) is 5.69 Å². The Labute approximate surface area is 127 Å². The molecule has 0 amide bonds. The average Bonchev–Trinajstić information content (AvgIpc) is 2.46. The lowest BCUT2D eigenvalue weighted by molar-refractivity contribution is -0.385. The number of benzene rings is 1. The summed E-state index contributed by atoms with van der Waals surface area (Å²) in [7, 11) is -3.95. The minimum absolute atomic E-state index is 0.0941. The lowest BCUT2D eigenvalue weighted by atomic mass is 9.92. The summed E-state index contributed by atoms with van der Waals surface area (Å²) in [6.07, 6.45) is 0.413. The van der Waals surface area contributed by atoms with Gasteiger partial charge in [-0.05, 0) is 18.4 Å². The van der Waals surface area contributed by atoms with Crippen LogP contribution in [0.3, 0.4) is 0 Å². The van der Waals surface area contributed by atoms with Crippen LogP contribution in [0.1, 0.15) is 13.3 Å². The summed E-state index contributed by atoms with van der Waals surface area (Å²) in [6.45, 7) is 1.87. The Hall–Kier alpha value is -2.00. The number of carboxylic acid groups (broad SMARTS) is 1. The molecule has 9 heteroatoms. The van der Waals surface area contributed by atoms with Crippen molar-refractivity contribution in [2.45, 2.75) is 18.2 Å². The quantitative estimate of drug-likeness (QED) is 0.658. The first kappa shape index (κ1) is 16.4. The number of hydrogen-bond donors (Lipinski definition) is 1. The number of piperidine rings is 1. The summed E-state index contributed by atoms with van der Waals surface area (Å²) < 4.78 is 26.3.